The summed E-state index contributed by atoms with van der Waals surface area (Å²) in [5.74, 6) is 0. The molecule has 174 valence electrons. The molecule has 4 unspecified atom stereocenters. The molecule has 33 heavy (non-hydrogen) atoms. The number of aliphatic hydroxyl groups excluding tert-OH is 1. The summed E-state index contributed by atoms with van der Waals surface area (Å²) in [6.07, 6.45) is -0.769. The van der Waals surface area contributed by atoms with Gasteiger partial charge in [-0.3, -0.25) is 0 Å². The first-order valence-electron chi connectivity index (χ1n) is 11.5. The minimum absolute atomic E-state index is 0.0246. The van der Waals surface area contributed by atoms with Crippen LogP contribution in [-0.2, 0) is 38.8 Å². The van der Waals surface area contributed by atoms with Crippen LogP contribution in [0, 0.1) is 0 Å². The molecule has 0 radical (unpaired) electrons. The van der Waals surface area contributed by atoms with Gasteiger partial charge in [0.2, 0.25) is 0 Å². The van der Waals surface area contributed by atoms with Crippen molar-refractivity contribution in [1.29, 1.82) is 0 Å². The molecule has 4 atom stereocenters. The van der Waals surface area contributed by atoms with Gasteiger partial charge in [-0.15, -0.1) is 0 Å². The third-order valence-corrected chi connectivity index (χ3v) is 5.82. The molecule has 1 N–H and O–H groups in total. The molecule has 5 heteroatoms. The molecule has 3 aromatic carbocycles. The highest BCUT2D eigenvalue weighted by Gasteiger charge is 2.42. The van der Waals surface area contributed by atoms with Crippen molar-refractivity contribution in [3.63, 3.8) is 0 Å². The van der Waals surface area contributed by atoms with Gasteiger partial charge in [0.05, 0.1) is 32.5 Å². The largest absolute Gasteiger partial charge is 0.396 e. The fourth-order valence-corrected chi connectivity index (χ4v) is 4.06. The van der Waals surface area contributed by atoms with Crippen molar-refractivity contribution in [1.82, 2.24) is 0 Å². The number of hydrogen-bond acceptors (Lipinski definition) is 5. The normalized spacial score (nSPS) is 22.8. The Labute approximate surface area is 195 Å². The van der Waals surface area contributed by atoms with Crippen molar-refractivity contribution in [3.8, 4) is 0 Å². The predicted molar refractivity (Wildman–Crippen MR) is 126 cm³/mol. The molecule has 0 aliphatic carbocycles. The summed E-state index contributed by atoms with van der Waals surface area (Å²) in [6.45, 7) is 1.77. The van der Waals surface area contributed by atoms with Crippen molar-refractivity contribution >= 4 is 0 Å². The van der Waals surface area contributed by atoms with Crippen LogP contribution in [0.2, 0.25) is 0 Å². The topological polar surface area (TPSA) is 57.2 Å². The van der Waals surface area contributed by atoms with Gasteiger partial charge in [-0.1, -0.05) is 91.0 Å². The first-order chi connectivity index (χ1) is 16.3. The third-order valence-electron chi connectivity index (χ3n) is 5.82. The molecule has 0 saturated carbocycles. The second-order valence-electron chi connectivity index (χ2n) is 8.24. The van der Waals surface area contributed by atoms with Gasteiger partial charge in [0.1, 0.15) is 18.3 Å². The van der Waals surface area contributed by atoms with E-state index < -0.39 is 0 Å². The lowest BCUT2D eigenvalue weighted by Crippen LogP contribution is -2.56. The van der Waals surface area contributed by atoms with Crippen LogP contribution in [-0.4, -0.2) is 42.7 Å². The quantitative estimate of drug-likeness (QED) is 0.467. The van der Waals surface area contributed by atoms with Crippen molar-refractivity contribution in [2.75, 3.05) is 13.2 Å². The summed E-state index contributed by atoms with van der Waals surface area (Å²) in [6, 6.07) is 30.2. The molecule has 5 nitrogen and oxygen atoms in total. The smallest absolute Gasteiger partial charge is 0.115 e. The van der Waals surface area contributed by atoms with Crippen LogP contribution >= 0.6 is 0 Å². The first-order valence-corrected chi connectivity index (χ1v) is 11.5. The predicted octanol–water partition coefficient (Wildman–Crippen LogP) is 4.52. The van der Waals surface area contributed by atoms with Crippen LogP contribution < -0.4 is 0 Å². The van der Waals surface area contributed by atoms with E-state index >= 15 is 0 Å². The van der Waals surface area contributed by atoms with Crippen LogP contribution in [0.4, 0.5) is 0 Å². The summed E-state index contributed by atoms with van der Waals surface area (Å²) in [5, 5.41) is 9.63. The molecule has 4 rings (SSSR count). The van der Waals surface area contributed by atoms with Crippen LogP contribution in [0.1, 0.15) is 23.1 Å². The second kappa shape index (κ2) is 12.6. The maximum atomic E-state index is 9.63. The zero-order valence-electron chi connectivity index (χ0n) is 18.8. The summed E-state index contributed by atoms with van der Waals surface area (Å²) >= 11 is 0. The Morgan fingerprint density at radius 1 is 0.636 bits per heavy atom. The van der Waals surface area contributed by atoms with E-state index in [0.29, 0.717) is 32.8 Å². The van der Waals surface area contributed by atoms with Crippen LogP contribution in [0.3, 0.4) is 0 Å². The highest BCUT2D eigenvalue weighted by molar-refractivity contribution is 5.15. The monoisotopic (exact) mass is 448 g/mol. The maximum Gasteiger partial charge on any atom is 0.115 e. The van der Waals surface area contributed by atoms with Gasteiger partial charge in [0, 0.05) is 6.61 Å². The third kappa shape index (κ3) is 6.97. The minimum atomic E-state index is -0.365. The number of benzene rings is 3. The fraction of sp³-hybridized carbons (Fsp3) is 0.357. The molecule has 0 bridgehead atoms. The van der Waals surface area contributed by atoms with E-state index in [1.165, 1.54) is 0 Å². The van der Waals surface area contributed by atoms with Crippen molar-refractivity contribution in [2.24, 2.45) is 0 Å². The molecule has 3 aromatic rings. The van der Waals surface area contributed by atoms with E-state index in [2.05, 4.69) is 0 Å². The minimum Gasteiger partial charge on any atom is -0.396 e. The number of rotatable bonds is 11. The van der Waals surface area contributed by atoms with Gasteiger partial charge in [-0.25, -0.2) is 0 Å². The molecule has 0 spiro atoms. The van der Waals surface area contributed by atoms with E-state index in [1.54, 1.807) is 0 Å². The molecular weight excluding hydrogens is 416 g/mol. The Hall–Kier alpha value is -2.54. The lowest BCUT2D eigenvalue weighted by molar-refractivity contribution is -0.240. The van der Waals surface area contributed by atoms with E-state index in [-0.39, 0.29) is 31.0 Å². The Kier molecular flexibility index (Phi) is 9.04. The second-order valence-corrected chi connectivity index (χ2v) is 8.24. The zero-order valence-corrected chi connectivity index (χ0v) is 18.8. The number of ether oxygens (including phenoxy) is 4. The van der Waals surface area contributed by atoms with Gasteiger partial charge in [0.15, 0.2) is 0 Å². The molecular formula is C28H32O5. The Bertz CT molecular complexity index is 919. The highest BCUT2D eigenvalue weighted by Crippen LogP contribution is 2.28. The molecule has 1 aliphatic heterocycles. The van der Waals surface area contributed by atoms with E-state index in [9.17, 15) is 5.11 Å². The van der Waals surface area contributed by atoms with Crippen LogP contribution in [0.5, 0.6) is 0 Å². The zero-order chi connectivity index (χ0) is 22.7. The van der Waals surface area contributed by atoms with Gasteiger partial charge >= 0.3 is 0 Å². The van der Waals surface area contributed by atoms with Gasteiger partial charge < -0.3 is 24.1 Å². The average Bonchev–Trinajstić information content (AvgIpc) is 2.88. The van der Waals surface area contributed by atoms with Crippen molar-refractivity contribution < 1.29 is 24.1 Å². The van der Waals surface area contributed by atoms with Crippen LogP contribution in [0.25, 0.3) is 0 Å². The lowest BCUT2D eigenvalue weighted by atomic mass is 9.97. The van der Waals surface area contributed by atoms with E-state index in [4.69, 9.17) is 18.9 Å². The Balaban J connectivity index is 1.50. The molecule has 1 aliphatic rings. The Morgan fingerprint density at radius 2 is 1.09 bits per heavy atom. The summed E-state index contributed by atoms with van der Waals surface area (Å²) in [7, 11) is 0. The van der Waals surface area contributed by atoms with Gasteiger partial charge in [-0.2, -0.15) is 0 Å². The van der Waals surface area contributed by atoms with Crippen LogP contribution in [0.15, 0.2) is 91.0 Å². The van der Waals surface area contributed by atoms with Gasteiger partial charge in [-0.05, 0) is 23.1 Å². The van der Waals surface area contributed by atoms with Crippen molar-refractivity contribution in [2.45, 2.75) is 50.7 Å². The van der Waals surface area contributed by atoms with E-state index in [0.717, 1.165) is 16.7 Å². The fourth-order valence-electron chi connectivity index (χ4n) is 4.06. The van der Waals surface area contributed by atoms with Gasteiger partial charge in [0.25, 0.3) is 0 Å². The molecule has 1 fully saturated rings. The summed E-state index contributed by atoms with van der Waals surface area (Å²) in [5.41, 5.74) is 3.26. The molecule has 1 heterocycles. The summed E-state index contributed by atoms with van der Waals surface area (Å²) in [4.78, 5) is 0. The Morgan fingerprint density at radius 3 is 1.58 bits per heavy atom. The number of hydrogen-bond donors (Lipinski definition) is 1. The molecule has 0 aromatic heterocycles. The number of aliphatic hydroxyl groups is 1. The molecule has 1 saturated heterocycles. The highest BCUT2D eigenvalue weighted by atomic mass is 16.6. The summed E-state index contributed by atoms with van der Waals surface area (Å²) < 4.78 is 25.2. The van der Waals surface area contributed by atoms with E-state index in [1.807, 2.05) is 91.0 Å². The molecule has 0 amide bonds. The van der Waals surface area contributed by atoms with Crippen molar-refractivity contribution in [3.05, 3.63) is 108 Å². The maximum absolute atomic E-state index is 9.63. The standard InChI is InChI=1S/C28H32O5/c29-17-16-25-27(32-19-23-12-6-2-7-13-23)28(33-20-24-14-8-3-9-15-24)26(21-31-25)30-18-22-10-4-1-5-11-22/h1-15,25-29H,16-21H2. The average molecular weight is 449 g/mol. The SMILES string of the molecule is OCCC1OCC(OCc2ccccc2)C(OCc2ccccc2)C1OCc1ccccc1. The lowest BCUT2D eigenvalue weighted by Gasteiger charge is -2.42. The first kappa shape index (κ1) is 23.6.